The number of fused-ring (bicyclic) bond motifs is 2. The molecular weight excluding hydrogens is 417 g/mol. The molecule has 2 N–H and O–H groups in total. The quantitative estimate of drug-likeness (QED) is 0.412. The number of rotatable bonds is 2. The van der Waals surface area contributed by atoms with Crippen LogP contribution in [0.3, 0.4) is 0 Å². The molecule has 2 atom stereocenters. The first-order valence-corrected chi connectivity index (χ1v) is 19.4. The monoisotopic (exact) mass is 451 g/mol. The summed E-state index contributed by atoms with van der Waals surface area (Å²) in [5.74, 6) is 0. The van der Waals surface area contributed by atoms with Crippen LogP contribution in [0, 0.1) is 0 Å². The molecule has 4 rings (SSSR count). The summed E-state index contributed by atoms with van der Waals surface area (Å²) in [4.78, 5) is 0. The summed E-state index contributed by atoms with van der Waals surface area (Å²) in [6, 6.07) is 17.7. The van der Waals surface area contributed by atoms with E-state index in [0.29, 0.717) is 0 Å². The van der Waals surface area contributed by atoms with E-state index in [9.17, 15) is 0 Å². The zero-order valence-corrected chi connectivity index (χ0v) is 22.5. The van der Waals surface area contributed by atoms with Crippen LogP contribution in [-0.4, -0.2) is 16.5 Å². The molecule has 0 amide bonds. The van der Waals surface area contributed by atoms with Gasteiger partial charge in [-0.2, -0.15) is 0 Å². The third kappa shape index (κ3) is 9.22. The van der Waals surface area contributed by atoms with Gasteiger partial charge in [0.2, 0.25) is 0 Å². The molecule has 2 aliphatic carbocycles. The average Bonchev–Trinajstić information content (AvgIpc) is 3.17. The molecule has 2 aromatic rings. The maximum Gasteiger partial charge on any atom is -0.0701 e. The zero-order chi connectivity index (χ0) is 21.7. The first-order chi connectivity index (χ1) is 13.4. The molecule has 0 spiro atoms. The maximum absolute atomic E-state index is 7.08. The molecule has 0 fully saturated rings. The van der Waals surface area contributed by atoms with Gasteiger partial charge in [-0.05, 0) is 0 Å². The van der Waals surface area contributed by atoms with Gasteiger partial charge in [-0.25, -0.2) is 0 Å². The van der Waals surface area contributed by atoms with E-state index in [2.05, 4.69) is 72.8 Å². The standard InChI is InChI=1S/2C9H7.2C3H10NSi.Sc/c2*1-2-5-9-7-3-6-8(9)4-1;2*1-5(2,3)4;/h2*1-7H;2*4H,1-3H3;/q;;2*-1;+2. The van der Waals surface area contributed by atoms with Gasteiger partial charge in [-0.15, -0.1) is 0 Å². The van der Waals surface area contributed by atoms with E-state index in [1.165, 1.54) is 11.1 Å². The minimum Gasteiger partial charge on any atom is -0.680 e. The first kappa shape index (κ1) is 24.4. The van der Waals surface area contributed by atoms with Crippen LogP contribution in [0.15, 0.2) is 60.7 Å². The molecule has 2 unspecified atom stereocenters. The number of benzene rings is 2. The van der Waals surface area contributed by atoms with Crippen molar-refractivity contribution < 1.29 is 22.9 Å². The van der Waals surface area contributed by atoms with E-state index in [1.54, 1.807) is 11.1 Å². The van der Waals surface area contributed by atoms with E-state index >= 15 is 0 Å². The van der Waals surface area contributed by atoms with Gasteiger partial charge in [0.15, 0.2) is 0 Å². The molecule has 0 saturated heterocycles. The predicted octanol–water partition coefficient (Wildman–Crippen LogP) is 8.35. The van der Waals surface area contributed by atoms with Crippen molar-refractivity contribution in [2.75, 3.05) is 0 Å². The summed E-state index contributed by atoms with van der Waals surface area (Å²) in [7, 11) is -2.72. The van der Waals surface area contributed by atoms with Gasteiger partial charge in [0.05, 0.1) is 0 Å². The fourth-order valence-corrected chi connectivity index (χ4v) is 6.15. The van der Waals surface area contributed by atoms with Gasteiger partial charge in [0.1, 0.15) is 0 Å². The van der Waals surface area contributed by atoms with Crippen molar-refractivity contribution in [1.29, 1.82) is 0 Å². The summed E-state index contributed by atoms with van der Waals surface area (Å²) in [5, 5.41) is 14.2. The van der Waals surface area contributed by atoms with Gasteiger partial charge in [0.25, 0.3) is 0 Å². The Morgan fingerprint density at radius 3 is 1.28 bits per heavy atom. The largest absolute Gasteiger partial charge is 0.680 e. The van der Waals surface area contributed by atoms with E-state index in [0.717, 1.165) is 7.35 Å². The zero-order valence-electron chi connectivity index (χ0n) is 18.7. The van der Waals surface area contributed by atoms with E-state index in [-0.39, 0.29) is 0 Å². The summed E-state index contributed by atoms with van der Waals surface area (Å²) in [5.41, 5.74) is 5.97. The molecule has 5 heteroatoms. The third-order valence-electron chi connectivity index (χ3n) is 4.09. The van der Waals surface area contributed by atoms with Gasteiger partial charge in [0, 0.05) is 0 Å². The van der Waals surface area contributed by atoms with E-state index < -0.39 is 39.4 Å². The van der Waals surface area contributed by atoms with Crippen LogP contribution in [0.2, 0.25) is 39.3 Å². The number of allylic oxidation sites excluding steroid dienone is 2. The minimum absolute atomic E-state index is 0.403. The van der Waals surface area contributed by atoms with Crippen LogP contribution in [0.1, 0.15) is 29.6 Å². The molecule has 151 valence electrons. The molecule has 0 aromatic heterocycles. The Kier molecular flexibility index (Phi) is 8.79. The Labute approximate surface area is 191 Å². The Morgan fingerprint density at radius 1 is 0.621 bits per heavy atom. The second-order valence-corrected chi connectivity index (χ2v) is 21.6. The molecular formula is C24H34N2ScSi2. The summed E-state index contributed by atoms with van der Waals surface area (Å²) < 4.78 is 1.45. The van der Waals surface area contributed by atoms with Crippen molar-refractivity contribution >= 4 is 28.6 Å². The van der Waals surface area contributed by atoms with E-state index in [4.69, 9.17) is 10.8 Å². The Balaban J connectivity index is 0.000000253. The van der Waals surface area contributed by atoms with Crippen molar-refractivity contribution in [1.82, 2.24) is 0 Å². The Bertz CT molecular complexity index is 780. The van der Waals surface area contributed by atoms with Crippen molar-refractivity contribution in [3.05, 3.63) is 93.7 Å². The number of hydrogen-bond acceptors (Lipinski definition) is 0. The van der Waals surface area contributed by atoms with Crippen LogP contribution in [-0.2, 0) is 22.9 Å². The molecule has 0 bridgehead atoms. The van der Waals surface area contributed by atoms with Crippen molar-refractivity contribution in [3.8, 4) is 0 Å². The van der Waals surface area contributed by atoms with Crippen molar-refractivity contribution in [3.63, 3.8) is 0 Å². The summed E-state index contributed by atoms with van der Waals surface area (Å²) >= 11 is -0.403. The summed E-state index contributed by atoms with van der Waals surface area (Å²) in [6.07, 6.45) is 9.47. The molecule has 0 aliphatic heterocycles. The van der Waals surface area contributed by atoms with Crippen LogP contribution in [0.5, 0.6) is 0 Å². The molecule has 2 aliphatic rings. The van der Waals surface area contributed by atoms with Gasteiger partial charge in [-0.3, -0.25) is 0 Å². The maximum atomic E-state index is 7.08. The van der Waals surface area contributed by atoms with Crippen LogP contribution >= 0.6 is 0 Å². The minimum atomic E-state index is -1.36. The molecule has 2 nitrogen and oxygen atoms in total. The van der Waals surface area contributed by atoms with Crippen LogP contribution in [0.25, 0.3) is 23.0 Å². The van der Waals surface area contributed by atoms with Crippen molar-refractivity contribution in [2.24, 2.45) is 0 Å². The third-order valence-corrected chi connectivity index (χ3v) is 7.20. The van der Waals surface area contributed by atoms with Crippen LogP contribution in [0.4, 0.5) is 0 Å². The first-order valence-electron chi connectivity index (χ1n) is 10.3. The number of hydrogen-bond donors (Lipinski definition) is 0. The van der Waals surface area contributed by atoms with E-state index in [1.807, 2.05) is 39.3 Å². The fourth-order valence-electron chi connectivity index (χ4n) is 3.11. The van der Waals surface area contributed by atoms with Gasteiger partial charge >= 0.3 is 125 Å². The molecule has 0 heterocycles. The fraction of sp³-hybridized carbons (Fsp3) is 0.333. The molecule has 2 aromatic carbocycles. The van der Waals surface area contributed by atoms with Crippen molar-refractivity contribution in [2.45, 2.75) is 46.6 Å². The predicted molar refractivity (Wildman–Crippen MR) is 132 cm³/mol. The molecule has 29 heavy (non-hydrogen) atoms. The van der Waals surface area contributed by atoms with Gasteiger partial charge in [-0.1, -0.05) is 55.8 Å². The summed E-state index contributed by atoms with van der Waals surface area (Å²) in [6.45, 7) is 12.0. The molecule has 0 radical (unpaired) electrons. The molecule has 0 saturated carbocycles. The normalized spacial score (nSPS) is 18.6. The Hall–Kier alpha value is -0.856. The van der Waals surface area contributed by atoms with Gasteiger partial charge < -0.3 is 10.8 Å². The van der Waals surface area contributed by atoms with Crippen LogP contribution < -0.4 is 0 Å². The average molecular weight is 452 g/mol. The second kappa shape index (κ2) is 10.4. The number of nitrogens with one attached hydrogen (secondary N) is 2. The Morgan fingerprint density at radius 2 is 0.931 bits per heavy atom. The smallest absolute Gasteiger partial charge is 0.0701 e. The second-order valence-electron chi connectivity index (χ2n) is 9.72. The topological polar surface area (TPSA) is 47.6 Å². The SMILES string of the molecule is C1=C[CH]([Sc+2][CH]2C=Cc3ccccc32)c2ccccc21.C[Si](C)(C)[NH-].C[Si](C)(C)[NH-].